The van der Waals surface area contributed by atoms with Crippen LogP contribution in [-0.4, -0.2) is 29.9 Å². The fourth-order valence-electron chi connectivity index (χ4n) is 3.38. The average molecular weight is 422 g/mol. The first kappa shape index (κ1) is 21.0. The van der Waals surface area contributed by atoms with Crippen molar-refractivity contribution >= 4 is 34.9 Å². The SMILES string of the molecule is CC(C(=O)Nc1ccc(F)c(F)c1)C1CCN(C(=O)Nc2ccc(Cl)cc2)CC1. The number of urea groups is 1. The summed E-state index contributed by atoms with van der Waals surface area (Å²) in [7, 11) is 0. The largest absolute Gasteiger partial charge is 0.326 e. The summed E-state index contributed by atoms with van der Waals surface area (Å²) in [6.45, 7) is 2.88. The molecule has 1 atom stereocenters. The molecule has 0 aliphatic carbocycles. The summed E-state index contributed by atoms with van der Waals surface area (Å²) >= 11 is 5.84. The number of rotatable bonds is 4. The lowest BCUT2D eigenvalue weighted by molar-refractivity contribution is -0.121. The van der Waals surface area contributed by atoms with Crippen LogP contribution in [0.1, 0.15) is 19.8 Å². The Labute approximate surface area is 173 Å². The van der Waals surface area contributed by atoms with Gasteiger partial charge in [0.15, 0.2) is 11.6 Å². The van der Waals surface area contributed by atoms with Crippen LogP contribution in [0.25, 0.3) is 0 Å². The van der Waals surface area contributed by atoms with Crippen molar-refractivity contribution < 1.29 is 18.4 Å². The van der Waals surface area contributed by atoms with Crippen molar-refractivity contribution in [2.24, 2.45) is 11.8 Å². The molecule has 1 aliphatic heterocycles. The summed E-state index contributed by atoms with van der Waals surface area (Å²) in [5.41, 5.74) is 0.890. The molecule has 2 N–H and O–H groups in total. The van der Waals surface area contributed by atoms with Gasteiger partial charge in [0.1, 0.15) is 0 Å². The van der Waals surface area contributed by atoms with Crippen LogP contribution in [-0.2, 0) is 4.79 Å². The van der Waals surface area contributed by atoms with Crippen LogP contribution >= 0.6 is 11.6 Å². The Morgan fingerprint density at radius 1 is 1.00 bits per heavy atom. The molecule has 29 heavy (non-hydrogen) atoms. The summed E-state index contributed by atoms with van der Waals surface area (Å²) in [5.74, 6) is -2.43. The van der Waals surface area contributed by atoms with Crippen molar-refractivity contribution in [1.29, 1.82) is 0 Å². The molecule has 1 fully saturated rings. The van der Waals surface area contributed by atoms with E-state index in [1.165, 1.54) is 6.07 Å². The zero-order chi connectivity index (χ0) is 21.0. The highest BCUT2D eigenvalue weighted by Gasteiger charge is 2.30. The Balaban J connectivity index is 1.49. The van der Waals surface area contributed by atoms with Gasteiger partial charge in [-0.05, 0) is 55.2 Å². The number of hydrogen-bond acceptors (Lipinski definition) is 2. The van der Waals surface area contributed by atoms with Gasteiger partial charge >= 0.3 is 6.03 Å². The molecular weight excluding hydrogens is 400 g/mol. The Bertz CT molecular complexity index is 884. The van der Waals surface area contributed by atoms with E-state index in [4.69, 9.17) is 11.6 Å². The third-order valence-electron chi connectivity index (χ3n) is 5.23. The van der Waals surface area contributed by atoms with Gasteiger partial charge in [-0.3, -0.25) is 4.79 Å². The predicted octanol–water partition coefficient (Wildman–Crippen LogP) is 5.14. The summed E-state index contributed by atoms with van der Waals surface area (Å²) in [6, 6.07) is 9.96. The van der Waals surface area contributed by atoms with Crippen molar-refractivity contribution in [3.05, 3.63) is 59.1 Å². The van der Waals surface area contributed by atoms with Crippen LogP contribution in [0.5, 0.6) is 0 Å². The second-order valence-electron chi connectivity index (χ2n) is 7.17. The van der Waals surface area contributed by atoms with E-state index in [1.54, 1.807) is 29.2 Å². The smallest absolute Gasteiger partial charge is 0.321 e. The zero-order valence-electron chi connectivity index (χ0n) is 15.9. The monoisotopic (exact) mass is 421 g/mol. The number of nitrogens with one attached hydrogen (secondary N) is 2. The number of amides is 3. The number of likely N-dealkylation sites (tertiary alicyclic amines) is 1. The molecular formula is C21H22ClF2N3O2. The molecule has 1 unspecified atom stereocenters. The molecule has 3 rings (SSSR count). The molecule has 0 saturated carbocycles. The Morgan fingerprint density at radius 2 is 1.62 bits per heavy atom. The number of carbonyl (C=O) groups is 2. The molecule has 2 aromatic rings. The van der Waals surface area contributed by atoms with Gasteiger partial charge in [0.05, 0.1) is 0 Å². The Kier molecular flexibility index (Phi) is 6.69. The molecule has 0 radical (unpaired) electrons. The van der Waals surface area contributed by atoms with E-state index < -0.39 is 11.6 Å². The van der Waals surface area contributed by atoms with E-state index in [1.807, 2.05) is 6.92 Å². The number of hydrogen-bond donors (Lipinski definition) is 2. The van der Waals surface area contributed by atoms with Gasteiger partial charge in [-0.25, -0.2) is 13.6 Å². The number of nitrogens with zero attached hydrogens (tertiary/aromatic N) is 1. The lowest BCUT2D eigenvalue weighted by atomic mass is 9.85. The molecule has 1 heterocycles. The molecule has 2 aromatic carbocycles. The highest BCUT2D eigenvalue weighted by Crippen LogP contribution is 2.27. The second kappa shape index (κ2) is 9.22. The minimum Gasteiger partial charge on any atom is -0.326 e. The molecule has 8 heteroatoms. The molecule has 154 valence electrons. The van der Waals surface area contributed by atoms with E-state index >= 15 is 0 Å². The highest BCUT2D eigenvalue weighted by molar-refractivity contribution is 6.30. The Hall–Kier alpha value is -2.67. The first-order valence-corrected chi connectivity index (χ1v) is 9.78. The van der Waals surface area contributed by atoms with E-state index in [-0.39, 0.29) is 29.5 Å². The fourth-order valence-corrected chi connectivity index (χ4v) is 3.51. The van der Waals surface area contributed by atoms with Gasteiger partial charge in [0, 0.05) is 41.5 Å². The molecule has 0 aromatic heterocycles. The molecule has 1 aliphatic rings. The lowest BCUT2D eigenvalue weighted by Crippen LogP contribution is -2.43. The molecule has 1 saturated heterocycles. The van der Waals surface area contributed by atoms with Gasteiger partial charge < -0.3 is 15.5 Å². The minimum absolute atomic E-state index is 0.0971. The summed E-state index contributed by atoms with van der Waals surface area (Å²) in [4.78, 5) is 26.6. The van der Waals surface area contributed by atoms with Crippen molar-refractivity contribution in [3.63, 3.8) is 0 Å². The quantitative estimate of drug-likeness (QED) is 0.718. The Morgan fingerprint density at radius 3 is 2.24 bits per heavy atom. The molecule has 3 amide bonds. The fraction of sp³-hybridized carbons (Fsp3) is 0.333. The standard InChI is InChI=1S/C21H22ClF2N3O2/c1-13(20(28)25-17-6-7-18(23)19(24)12-17)14-8-10-27(11-9-14)21(29)26-16-4-2-15(22)3-5-16/h2-7,12-14H,8-11H2,1H3,(H,25,28)(H,26,29). The number of halogens is 3. The third-order valence-corrected chi connectivity index (χ3v) is 5.48. The van der Waals surface area contributed by atoms with Gasteiger partial charge in [-0.15, -0.1) is 0 Å². The van der Waals surface area contributed by atoms with E-state index in [2.05, 4.69) is 10.6 Å². The minimum atomic E-state index is -1.00. The average Bonchev–Trinajstić information content (AvgIpc) is 2.72. The van der Waals surface area contributed by atoms with E-state index in [0.717, 1.165) is 12.1 Å². The maximum Gasteiger partial charge on any atom is 0.321 e. The third kappa shape index (κ3) is 5.44. The van der Waals surface area contributed by atoms with Gasteiger partial charge in [-0.2, -0.15) is 0 Å². The number of piperidine rings is 1. The van der Waals surface area contributed by atoms with Crippen LogP contribution in [0, 0.1) is 23.5 Å². The van der Waals surface area contributed by atoms with E-state index in [9.17, 15) is 18.4 Å². The highest BCUT2D eigenvalue weighted by atomic mass is 35.5. The first-order valence-electron chi connectivity index (χ1n) is 9.41. The van der Waals surface area contributed by atoms with Crippen molar-refractivity contribution in [3.8, 4) is 0 Å². The van der Waals surface area contributed by atoms with E-state index in [0.29, 0.717) is 36.6 Å². The molecule has 0 bridgehead atoms. The summed E-state index contributed by atoms with van der Waals surface area (Å²) in [5, 5.41) is 6.06. The van der Waals surface area contributed by atoms with Crippen LogP contribution in [0.4, 0.5) is 25.0 Å². The van der Waals surface area contributed by atoms with Crippen molar-refractivity contribution in [1.82, 2.24) is 4.90 Å². The second-order valence-corrected chi connectivity index (χ2v) is 7.60. The maximum absolute atomic E-state index is 13.3. The predicted molar refractivity (Wildman–Crippen MR) is 109 cm³/mol. The van der Waals surface area contributed by atoms with Crippen LogP contribution < -0.4 is 10.6 Å². The van der Waals surface area contributed by atoms with Gasteiger partial charge in [0.2, 0.25) is 5.91 Å². The van der Waals surface area contributed by atoms with Crippen LogP contribution in [0.2, 0.25) is 5.02 Å². The van der Waals surface area contributed by atoms with Gasteiger partial charge in [-0.1, -0.05) is 18.5 Å². The molecule has 0 spiro atoms. The number of carbonyl (C=O) groups excluding carboxylic acids is 2. The maximum atomic E-state index is 13.3. The normalized spacial score (nSPS) is 15.7. The summed E-state index contributed by atoms with van der Waals surface area (Å²) in [6.07, 6.45) is 1.36. The van der Waals surface area contributed by atoms with Crippen LogP contribution in [0.3, 0.4) is 0 Å². The summed E-state index contributed by atoms with van der Waals surface area (Å²) < 4.78 is 26.3. The number of benzene rings is 2. The van der Waals surface area contributed by atoms with Crippen molar-refractivity contribution in [2.45, 2.75) is 19.8 Å². The molecule has 5 nitrogen and oxygen atoms in total. The van der Waals surface area contributed by atoms with Gasteiger partial charge in [0.25, 0.3) is 0 Å². The lowest BCUT2D eigenvalue weighted by Gasteiger charge is -2.34. The topological polar surface area (TPSA) is 61.4 Å². The number of anilines is 2. The van der Waals surface area contributed by atoms with Crippen molar-refractivity contribution in [2.75, 3.05) is 23.7 Å². The van der Waals surface area contributed by atoms with Crippen LogP contribution in [0.15, 0.2) is 42.5 Å². The first-order chi connectivity index (χ1) is 13.8. The zero-order valence-corrected chi connectivity index (χ0v) is 16.7.